The molecule has 1 atom stereocenters. The average molecular weight is 260 g/mol. The van der Waals surface area contributed by atoms with E-state index in [0.29, 0.717) is 12.5 Å². The van der Waals surface area contributed by atoms with Crippen molar-refractivity contribution >= 4 is 5.78 Å². The highest BCUT2D eigenvalue weighted by Crippen LogP contribution is 2.15. The summed E-state index contributed by atoms with van der Waals surface area (Å²) in [6.45, 7) is 5.40. The Morgan fingerprint density at radius 1 is 1.37 bits per heavy atom. The number of benzene rings is 1. The molecule has 3 nitrogen and oxygen atoms in total. The first-order valence-corrected chi connectivity index (χ1v) is 7.27. The Bertz CT molecular complexity index is 413. The first-order valence-electron chi connectivity index (χ1n) is 7.27. The van der Waals surface area contributed by atoms with Crippen LogP contribution < -0.4 is 5.73 Å². The van der Waals surface area contributed by atoms with Gasteiger partial charge >= 0.3 is 0 Å². The summed E-state index contributed by atoms with van der Waals surface area (Å²) in [5.74, 6) is 0.792. The maximum Gasteiger partial charge on any atom is 0.176 e. The third-order valence-corrected chi connectivity index (χ3v) is 3.89. The van der Waals surface area contributed by atoms with Gasteiger partial charge in [0, 0.05) is 12.1 Å². The number of Topliss-reactive ketones (excluding diaryl/α,β-unsaturated/α-hetero) is 1. The van der Waals surface area contributed by atoms with E-state index in [1.807, 2.05) is 12.1 Å². The Morgan fingerprint density at radius 2 is 2.11 bits per heavy atom. The molecule has 1 aliphatic rings. The third-order valence-electron chi connectivity index (χ3n) is 3.89. The molecule has 1 aliphatic heterocycles. The monoisotopic (exact) mass is 260 g/mol. The van der Waals surface area contributed by atoms with Crippen LogP contribution in [0.15, 0.2) is 24.3 Å². The standard InChI is InChI=1S/C16H24N2O/c1-2-3-13-4-6-15(7-5-13)16(19)12-18-9-8-14(10-17)11-18/h4-7,14H,2-3,8-12,17H2,1H3. The number of nitrogens with two attached hydrogens (primary N) is 1. The Kier molecular flexibility index (Phi) is 5.11. The fourth-order valence-electron chi connectivity index (χ4n) is 2.69. The first-order chi connectivity index (χ1) is 9.22. The largest absolute Gasteiger partial charge is 0.330 e. The number of ketones is 1. The van der Waals surface area contributed by atoms with Gasteiger partial charge in [-0.15, -0.1) is 0 Å². The maximum atomic E-state index is 12.2. The zero-order valence-corrected chi connectivity index (χ0v) is 11.8. The SMILES string of the molecule is CCCc1ccc(C(=O)CN2CCC(CN)C2)cc1. The van der Waals surface area contributed by atoms with Crippen LogP contribution in [0, 0.1) is 5.92 Å². The zero-order chi connectivity index (χ0) is 13.7. The van der Waals surface area contributed by atoms with E-state index in [4.69, 9.17) is 5.73 Å². The molecule has 1 saturated heterocycles. The summed E-state index contributed by atoms with van der Waals surface area (Å²) in [6.07, 6.45) is 3.35. The van der Waals surface area contributed by atoms with Crippen molar-refractivity contribution in [3.63, 3.8) is 0 Å². The van der Waals surface area contributed by atoms with Gasteiger partial charge < -0.3 is 5.73 Å². The topological polar surface area (TPSA) is 46.3 Å². The van der Waals surface area contributed by atoms with Crippen molar-refractivity contribution in [3.8, 4) is 0 Å². The molecule has 1 unspecified atom stereocenters. The molecule has 0 aliphatic carbocycles. The van der Waals surface area contributed by atoms with Crippen LogP contribution in [0.1, 0.15) is 35.7 Å². The quantitative estimate of drug-likeness (QED) is 0.797. The van der Waals surface area contributed by atoms with Crippen molar-refractivity contribution in [2.45, 2.75) is 26.2 Å². The van der Waals surface area contributed by atoms with Gasteiger partial charge in [-0.05, 0) is 37.4 Å². The number of likely N-dealkylation sites (tertiary alicyclic amines) is 1. The number of aryl methyl sites for hydroxylation is 1. The van der Waals surface area contributed by atoms with Crippen LogP contribution in [0.5, 0.6) is 0 Å². The maximum absolute atomic E-state index is 12.2. The van der Waals surface area contributed by atoms with Gasteiger partial charge in [-0.2, -0.15) is 0 Å². The summed E-state index contributed by atoms with van der Waals surface area (Å²) >= 11 is 0. The number of hydrogen-bond acceptors (Lipinski definition) is 3. The molecular formula is C16H24N2O. The second-order valence-electron chi connectivity index (χ2n) is 5.50. The Morgan fingerprint density at radius 3 is 2.68 bits per heavy atom. The van der Waals surface area contributed by atoms with Crippen LogP contribution in [0.3, 0.4) is 0 Å². The zero-order valence-electron chi connectivity index (χ0n) is 11.8. The summed E-state index contributed by atoms with van der Waals surface area (Å²) in [5.41, 5.74) is 7.81. The van der Waals surface area contributed by atoms with Crippen molar-refractivity contribution in [2.24, 2.45) is 11.7 Å². The molecule has 104 valence electrons. The smallest absolute Gasteiger partial charge is 0.176 e. The minimum Gasteiger partial charge on any atom is -0.330 e. The molecule has 1 aromatic carbocycles. The highest BCUT2D eigenvalue weighted by molar-refractivity contribution is 5.97. The van der Waals surface area contributed by atoms with Gasteiger partial charge in [0.25, 0.3) is 0 Å². The predicted molar refractivity (Wildman–Crippen MR) is 78.4 cm³/mol. The summed E-state index contributed by atoms with van der Waals surface area (Å²) in [6, 6.07) is 8.07. The van der Waals surface area contributed by atoms with Gasteiger partial charge in [-0.1, -0.05) is 37.6 Å². The highest BCUT2D eigenvalue weighted by atomic mass is 16.1. The normalized spacial score (nSPS) is 19.8. The summed E-state index contributed by atoms with van der Waals surface area (Å²) in [4.78, 5) is 14.4. The number of hydrogen-bond donors (Lipinski definition) is 1. The van der Waals surface area contributed by atoms with E-state index in [0.717, 1.165) is 44.5 Å². The Balaban J connectivity index is 1.89. The second-order valence-corrected chi connectivity index (χ2v) is 5.50. The molecule has 2 N–H and O–H groups in total. The van der Waals surface area contributed by atoms with Crippen LogP contribution >= 0.6 is 0 Å². The van der Waals surface area contributed by atoms with Crippen molar-refractivity contribution < 1.29 is 4.79 Å². The van der Waals surface area contributed by atoms with E-state index in [1.54, 1.807) is 0 Å². The van der Waals surface area contributed by atoms with E-state index in [1.165, 1.54) is 5.56 Å². The van der Waals surface area contributed by atoms with Crippen molar-refractivity contribution in [2.75, 3.05) is 26.2 Å². The number of nitrogens with zero attached hydrogens (tertiary/aromatic N) is 1. The minimum absolute atomic E-state index is 0.223. The molecule has 1 heterocycles. The number of carbonyl (C=O) groups excluding carboxylic acids is 1. The lowest BCUT2D eigenvalue weighted by atomic mass is 10.1. The van der Waals surface area contributed by atoms with E-state index in [2.05, 4.69) is 24.0 Å². The van der Waals surface area contributed by atoms with Crippen LogP contribution in [0.2, 0.25) is 0 Å². The van der Waals surface area contributed by atoms with Crippen LogP contribution in [-0.4, -0.2) is 36.9 Å². The lowest BCUT2D eigenvalue weighted by molar-refractivity contribution is 0.0943. The highest BCUT2D eigenvalue weighted by Gasteiger charge is 2.23. The molecule has 3 heteroatoms. The first kappa shape index (κ1) is 14.2. The van der Waals surface area contributed by atoms with Crippen molar-refractivity contribution in [1.82, 2.24) is 4.90 Å². The summed E-state index contributed by atoms with van der Waals surface area (Å²) in [7, 11) is 0. The number of carbonyl (C=O) groups is 1. The third kappa shape index (κ3) is 3.88. The molecule has 0 bridgehead atoms. The van der Waals surface area contributed by atoms with Gasteiger partial charge in [0.1, 0.15) is 0 Å². The molecule has 1 aromatic rings. The lowest BCUT2D eigenvalue weighted by Crippen LogP contribution is -2.29. The summed E-state index contributed by atoms with van der Waals surface area (Å²) < 4.78 is 0. The van der Waals surface area contributed by atoms with Crippen molar-refractivity contribution in [1.29, 1.82) is 0 Å². The fourth-order valence-corrected chi connectivity index (χ4v) is 2.69. The van der Waals surface area contributed by atoms with Gasteiger partial charge in [-0.3, -0.25) is 9.69 Å². The van der Waals surface area contributed by atoms with E-state index in [9.17, 15) is 4.79 Å². The molecule has 0 radical (unpaired) electrons. The summed E-state index contributed by atoms with van der Waals surface area (Å²) in [5, 5.41) is 0. The predicted octanol–water partition coefficient (Wildman–Crippen LogP) is 2.10. The molecule has 19 heavy (non-hydrogen) atoms. The van der Waals surface area contributed by atoms with Crippen LogP contribution in [0.4, 0.5) is 0 Å². The minimum atomic E-state index is 0.223. The Hall–Kier alpha value is -1.19. The van der Waals surface area contributed by atoms with Gasteiger partial charge in [-0.25, -0.2) is 0 Å². The van der Waals surface area contributed by atoms with Gasteiger partial charge in [0.15, 0.2) is 5.78 Å². The van der Waals surface area contributed by atoms with Crippen LogP contribution in [-0.2, 0) is 6.42 Å². The Labute approximate surface area is 115 Å². The lowest BCUT2D eigenvalue weighted by Gasteiger charge is -2.14. The fraction of sp³-hybridized carbons (Fsp3) is 0.562. The molecule has 2 rings (SSSR count). The van der Waals surface area contributed by atoms with Crippen LogP contribution in [0.25, 0.3) is 0 Å². The average Bonchev–Trinajstić information content (AvgIpc) is 2.87. The second kappa shape index (κ2) is 6.83. The van der Waals surface area contributed by atoms with E-state index in [-0.39, 0.29) is 5.78 Å². The molecule has 0 spiro atoms. The van der Waals surface area contributed by atoms with E-state index < -0.39 is 0 Å². The van der Waals surface area contributed by atoms with Crippen molar-refractivity contribution in [3.05, 3.63) is 35.4 Å². The number of rotatable bonds is 6. The molecule has 0 saturated carbocycles. The van der Waals surface area contributed by atoms with E-state index >= 15 is 0 Å². The molecule has 1 fully saturated rings. The molecule has 0 amide bonds. The molecular weight excluding hydrogens is 236 g/mol. The van der Waals surface area contributed by atoms with Gasteiger partial charge in [0.05, 0.1) is 6.54 Å². The molecule has 0 aromatic heterocycles. The van der Waals surface area contributed by atoms with Gasteiger partial charge in [0.2, 0.25) is 0 Å².